The van der Waals surface area contributed by atoms with Gasteiger partial charge in [-0.3, -0.25) is 0 Å². The van der Waals surface area contributed by atoms with Crippen LogP contribution in [0, 0.1) is 28.6 Å². The van der Waals surface area contributed by atoms with Gasteiger partial charge in [0.1, 0.15) is 0 Å². The Balaban J connectivity index is 1.69. The van der Waals surface area contributed by atoms with Crippen molar-refractivity contribution < 1.29 is 0 Å². The van der Waals surface area contributed by atoms with E-state index in [0.717, 1.165) is 17.8 Å². The maximum atomic E-state index is 2.72. The zero-order chi connectivity index (χ0) is 16.2. The molecule has 0 N–H and O–H groups in total. The highest BCUT2D eigenvalue weighted by atomic mass is 14.6. The highest BCUT2D eigenvalue weighted by Crippen LogP contribution is 2.65. The van der Waals surface area contributed by atoms with E-state index in [4.69, 9.17) is 0 Å². The second-order valence-electron chi connectivity index (χ2n) is 9.19. The molecule has 0 nitrogen and oxygen atoms in total. The highest BCUT2D eigenvalue weighted by molar-refractivity contribution is 5.35. The summed E-state index contributed by atoms with van der Waals surface area (Å²) in [7, 11) is 0. The van der Waals surface area contributed by atoms with Gasteiger partial charge in [-0.2, -0.15) is 0 Å². The molecule has 0 aromatic rings. The second kappa shape index (κ2) is 5.36. The molecular weight excluding hydrogens is 276 g/mol. The van der Waals surface area contributed by atoms with Gasteiger partial charge < -0.3 is 0 Å². The molecule has 0 aliphatic heterocycles. The molecule has 3 saturated carbocycles. The smallest absolute Gasteiger partial charge is 0.00479 e. The lowest BCUT2D eigenvalue weighted by Crippen LogP contribution is -2.46. The predicted octanol–water partition coefficient (Wildman–Crippen LogP) is 6.84. The van der Waals surface area contributed by atoms with E-state index < -0.39 is 0 Å². The molecule has 0 heterocycles. The number of fused-ring (bicyclic) bond motifs is 5. The van der Waals surface area contributed by atoms with E-state index in [1.54, 1.807) is 11.1 Å². The normalized spacial score (nSPS) is 49.6. The largest absolute Gasteiger partial charge is 0.0884 e. The molecule has 126 valence electrons. The van der Waals surface area contributed by atoms with Crippen LogP contribution in [0.1, 0.15) is 79.1 Å². The van der Waals surface area contributed by atoms with Crippen LogP contribution in [-0.4, -0.2) is 0 Å². The quantitative estimate of drug-likeness (QED) is 0.429. The van der Waals surface area contributed by atoms with Gasteiger partial charge in [-0.05, 0) is 93.8 Å². The topological polar surface area (TPSA) is 0 Å². The van der Waals surface area contributed by atoms with Crippen molar-refractivity contribution in [2.45, 2.75) is 79.1 Å². The first kappa shape index (κ1) is 15.7. The Labute approximate surface area is 143 Å². The first-order chi connectivity index (χ1) is 11.0. The summed E-state index contributed by atoms with van der Waals surface area (Å²) in [5.74, 6) is 2.73. The minimum atomic E-state index is 0.481. The van der Waals surface area contributed by atoms with Crippen molar-refractivity contribution >= 4 is 0 Å². The standard InChI is InChI=1S/C23H34/c1-5-16-11-13-23(4)18(15-16)7-9-19-20-10-8-17(6-2)22(20,3)14-12-21(19)23/h5-6,12,18-20H,7-11,13-15H2,1-4H3. The average Bonchev–Trinajstić information content (AvgIpc) is 2.90. The van der Waals surface area contributed by atoms with Gasteiger partial charge in [-0.1, -0.05) is 48.8 Å². The van der Waals surface area contributed by atoms with Crippen molar-refractivity contribution in [2.75, 3.05) is 0 Å². The number of allylic oxidation sites excluding steroid dienone is 6. The lowest BCUT2D eigenvalue weighted by Gasteiger charge is -2.56. The molecule has 5 atom stereocenters. The highest BCUT2D eigenvalue weighted by Gasteiger charge is 2.55. The van der Waals surface area contributed by atoms with Crippen LogP contribution in [0.15, 0.2) is 34.9 Å². The van der Waals surface area contributed by atoms with Crippen molar-refractivity contribution in [3.8, 4) is 0 Å². The van der Waals surface area contributed by atoms with Crippen molar-refractivity contribution in [1.82, 2.24) is 0 Å². The molecule has 0 saturated heterocycles. The van der Waals surface area contributed by atoms with Gasteiger partial charge in [-0.15, -0.1) is 0 Å². The van der Waals surface area contributed by atoms with Crippen molar-refractivity contribution in [3.05, 3.63) is 34.9 Å². The molecule has 4 aliphatic rings. The summed E-state index contributed by atoms with van der Waals surface area (Å²) in [4.78, 5) is 0. The van der Waals surface area contributed by atoms with E-state index in [9.17, 15) is 0 Å². The van der Waals surface area contributed by atoms with Crippen molar-refractivity contribution in [3.63, 3.8) is 0 Å². The molecule has 0 bridgehead atoms. The van der Waals surface area contributed by atoms with Gasteiger partial charge in [0.2, 0.25) is 0 Å². The third-order valence-electron chi connectivity index (χ3n) is 8.53. The van der Waals surface area contributed by atoms with Crippen molar-refractivity contribution in [1.29, 1.82) is 0 Å². The van der Waals surface area contributed by atoms with Crippen LogP contribution in [0.25, 0.3) is 0 Å². The summed E-state index contributed by atoms with van der Waals surface area (Å²) >= 11 is 0. The molecule has 0 spiro atoms. The molecule has 23 heavy (non-hydrogen) atoms. The van der Waals surface area contributed by atoms with Crippen molar-refractivity contribution in [2.24, 2.45) is 28.6 Å². The van der Waals surface area contributed by atoms with E-state index in [1.165, 1.54) is 51.4 Å². The molecule has 0 radical (unpaired) electrons. The minimum absolute atomic E-state index is 0.481. The molecule has 0 amide bonds. The summed E-state index contributed by atoms with van der Waals surface area (Å²) in [6, 6.07) is 0. The molecule has 3 fully saturated rings. The fourth-order valence-corrected chi connectivity index (χ4v) is 6.97. The third kappa shape index (κ3) is 2.09. The van der Waals surface area contributed by atoms with Crippen LogP contribution < -0.4 is 0 Å². The van der Waals surface area contributed by atoms with Gasteiger partial charge in [0.05, 0.1) is 0 Å². The van der Waals surface area contributed by atoms with Crippen LogP contribution in [0.4, 0.5) is 0 Å². The lowest BCUT2D eigenvalue weighted by atomic mass is 9.49. The Morgan fingerprint density at radius 2 is 1.83 bits per heavy atom. The third-order valence-corrected chi connectivity index (χ3v) is 8.53. The first-order valence-electron chi connectivity index (χ1n) is 10.0. The Morgan fingerprint density at radius 3 is 2.57 bits per heavy atom. The summed E-state index contributed by atoms with van der Waals surface area (Å²) in [5.41, 5.74) is 6.36. The number of hydrogen-bond acceptors (Lipinski definition) is 0. The van der Waals surface area contributed by atoms with E-state index in [2.05, 4.69) is 45.9 Å². The predicted molar refractivity (Wildman–Crippen MR) is 99.2 cm³/mol. The van der Waals surface area contributed by atoms with E-state index in [1.807, 2.05) is 5.57 Å². The Kier molecular flexibility index (Phi) is 3.67. The van der Waals surface area contributed by atoms with Gasteiger partial charge in [0.25, 0.3) is 0 Å². The zero-order valence-electron chi connectivity index (χ0n) is 15.6. The van der Waals surface area contributed by atoms with Crippen LogP contribution in [0.2, 0.25) is 0 Å². The van der Waals surface area contributed by atoms with Gasteiger partial charge >= 0.3 is 0 Å². The Morgan fingerprint density at radius 1 is 1.00 bits per heavy atom. The Hall–Kier alpha value is -0.780. The zero-order valence-corrected chi connectivity index (χ0v) is 15.6. The summed E-state index contributed by atoms with van der Waals surface area (Å²) in [5, 5.41) is 0. The molecular formula is C23H34. The number of rotatable bonds is 0. The Bertz CT molecular complexity index is 589. The van der Waals surface area contributed by atoms with Crippen LogP contribution in [0.3, 0.4) is 0 Å². The summed E-state index contributed by atoms with van der Waals surface area (Å²) in [6.45, 7) is 9.70. The minimum Gasteiger partial charge on any atom is -0.0884 e. The maximum Gasteiger partial charge on any atom is -0.00479 e. The monoisotopic (exact) mass is 310 g/mol. The van der Waals surface area contributed by atoms with Gasteiger partial charge in [0, 0.05) is 0 Å². The van der Waals surface area contributed by atoms with Gasteiger partial charge in [-0.25, -0.2) is 0 Å². The lowest BCUT2D eigenvalue weighted by molar-refractivity contribution is 0.0638. The average molecular weight is 311 g/mol. The number of hydrogen-bond donors (Lipinski definition) is 0. The summed E-state index contributed by atoms with van der Waals surface area (Å²) in [6.07, 6.45) is 18.7. The van der Waals surface area contributed by atoms with E-state index in [0.29, 0.717) is 10.8 Å². The molecule has 0 heteroatoms. The molecule has 4 aliphatic carbocycles. The van der Waals surface area contributed by atoms with E-state index in [-0.39, 0.29) is 0 Å². The maximum absolute atomic E-state index is 2.72. The van der Waals surface area contributed by atoms with E-state index >= 15 is 0 Å². The second-order valence-corrected chi connectivity index (χ2v) is 9.19. The molecule has 4 rings (SSSR count). The SMILES string of the molecule is CC=C1CCC2(C)C3=CCC4(C)C(=CC)CCC4C3CCC2C1. The molecule has 0 aromatic carbocycles. The molecule has 5 unspecified atom stereocenters. The summed E-state index contributed by atoms with van der Waals surface area (Å²) < 4.78 is 0. The van der Waals surface area contributed by atoms with Crippen LogP contribution in [0.5, 0.6) is 0 Å². The first-order valence-corrected chi connectivity index (χ1v) is 10.0. The van der Waals surface area contributed by atoms with Crippen LogP contribution >= 0.6 is 0 Å². The molecule has 0 aromatic heterocycles. The fourth-order valence-electron chi connectivity index (χ4n) is 6.97. The van der Waals surface area contributed by atoms with Crippen LogP contribution in [-0.2, 0) is 0 Å². The van der Waals surface area contributed by atoms with Gasteiger partial charge in [0.15, 0.2) is 0 Å². The fraction of sp³-hybridized carbons (Fsp3) is 0.739.